The van der Waals surface area contributed by atoms with Crippen LogP contribution in [0.2, 0.25) is 0 Å². The second kappa shape index (κ2) is 8.03. The number of aliphatic imine (C=N–C) groups is 1. The van der Waals surface area contributed by atoms with Crippen molar-refractivity contribution in [1.82, 2.24) is 0 Å². The summed E-state index contributed by atoms with van der Waals surface area (Å²) in [6, 6.07) is 14.4. The van der Waals surface area contributed by atoms with Crippen molar-refractivity contribution in [2.45, 2.75) is 38.6 Å². The summed E-state index contributed by atoms with van der Waals surface area (Å²) < 4.78 is 29.5. The van der Waals surface area contributed by atoms with Gasteiger partial charge in [-0.15, -0.1) is 0 Å². The van der Waals surface area contributed by atoms with E-state index in [0.717, 1.165) is 16.6 Å². The van der Waals surface area contributed by atoms with Gasteiger partial charge in [0, 0.05) is 10.9 Å². The number of hydrogen-bond donors (Lipinski definition) is 0. The van der Waals surface area contributed by atoms with E-state index in [4.69, 9.17) is 9.73 Å². The van der Waals surface area contributed by atoms with Crippen LogP contribution in [0.4, 0.5) is 5.69 Å². The first-order valence-electron chi connectivity index (χ1n) is 9.86. The van der Waals surface area contributed by atoms with E-state index in [9.17, 15) is 8.42 Å². The number of nitrogens with zero attached hydrogens (tertiary/aromatic N) is 2. The molecule has 7 heteroatoms. The third kappa shape index (κ3) is 4.46. The molecule has 2 aromatic carbocycles. The van der Waals surface area contributed by atoms with Gasteiger partial charge in [-0.05, 0) is 56.2 Å². The number of anilines is 1. The summed E-state index contributed by atoms with van der Waals surface area (Å²) in [5.74, 6) is 1.22. The SMILES string of the molecule is CCOc1ccc(N(Cc2cc(C)ccc2C)C2=N[C@H]3CS(=O)(=O)C[C@@H]3S2)cc1. The van der Waals surface area contributed by atoms with Crippen molar-refractivity contribution in [3.63, 3.8) is 0 Å². The maximum Gasteiger partial charge on any atom is 0.164 e. The maximum atomic E-state index is 12.0. The fourth-order valence-corrected chi connectivity index (χ4v) is 7.55. The van der Waals surface area contributed by atoms with Gasteiger partial charge in [-0.1, -0.05) is 35.5 Å². The fraction of sp³-hybridized carbons (Fsp3) is 0.409. The number of amidine groups is 1. The molecule has 0 radical (unpaired) electrons. The first-order valence-corrected chi connectivity index (χ1v) is 12.6. The van der Waals surface area contributed by atoms with E-state index < -0.39 is 9.84 Å². The molecule has 2 aromatic rings. The zero-order valence-corrected chi connectivity index (χ0v) is 18.6. The normalized spacial score (nSPS) is 22.2. The summed E-state index contributed by atoms with van der Waals surface area (Å²) >= 11 is 1.60. The molecule has 154 valence electrons. The Kier molecular flexibility index (Phi) is 5.62. The van der Waals surface area contributed by atoms with Crippen LogP contribution in [0.3, 0.4) is 0 Å². The van der Waals surface area contributed by atoms with E-state index in [2.05, 4.69) is 36.9 Å². The fourth-order valence-electron chi connectivity index (χ4n) is 3.77. The number of rotatable bonds is 5. The van der Waals surface area contributed by atoms with Crippen molar-refractivity contribution in [2.24, 2.45) is 4.99 Å². The van der Waals surface area contributed by atoms with Crippen LogP contribution in [0.15, 0.2) is 47.5 Å². The summed E-state index contributed by atoms with van der Waals surface area (Å²) in [6.45, 7) is 7.51. The third-order valence-corrected chi connectivity index (χ3v) is 8.58. The lowest BCUT2D eigenvalue weighted by Gasteiger charge is -2.26. The van der Waals surface area contributed by atoms with E-state index in [1.165, 1.54) is 16.7 Å². The van der Waals surface area contributed by atoms with Crippen LogP contribution in [0, 0.1) is 13.8 Å². The van der Waals surface area contributed by atoms with Gasteiger partial charge in [-0.3, -0.25) is 4.99 Å². The predicted molar refractivity (Wildman–Crippen MR) is 121 cm³/mol. The summed E-state index contributed by atoms with van der Waals surface area (Å²) in [4.78, 5) is 7.03. The molecule has 0 amide bonds. The highest BCUT2D eigenvalue weighted by atomic mass is 32.2. The smallest absolute Gasteiger partial charge is 0.164 e. The molecule has 29 heavy (non-hydrogen) atoms. The van der Waals surface area contributed by atoms with E-state index in [1.54, 1.807) is 11.8 Å². The van der Waals surface area contributed by atoms with Gasteiger partial charge >= 0.3 is 0 Å². The molecule has 1 fully saturated rings. The Morgan fingerprint density at radius 2 is 1.90 bits per heavy atom. The maximum absolute atomic E-state index is 12.0. The van der Waals surface area contributed by atoms with Crippen molar-refractivity contribution < 1.29 is 13.2 Å². The van der Waals surface area contributed by atoms with Crippen molar-refractivity contribution in [2.75, 3.05) is 23.0 Å². The monoisotopic (exact) mass is 430 g/mol. The molecule has 1 saturated heterocycles. The zero-order chi connectivity index (χ0) is 20.6. The van der Waals surface area contributed by atoms with Gasteiger partial charge in [-0.2, -0.15) is 0 Å². The second-order valence-corrected chi connectivity index (χ2v) is 11.0. The standard InChI is InChI=1S/C22H26N2O3S2/c1-4-27-19-9-7-18(8-10-19)24(12-17-11-15(2)5-6-16(17)3)22-23-20-13-29(25,26)14-21(20)28-22/h5-11,20-21H,4,12-14H2,1-3H3/t20-,21-/m0/s1. The highest BCUT2D eigenvalue weighted by Gasteiger charge is 2.44. The first kappa shape index (κ1) is 20.3. The molecule has 2 aliphatic rings. The average Bonchev–Trinajstić information content (AvgIpc) is 3.17. The van der Waals surface area contributed by atoms with Crippen LogP contribution in [-0.4, -0.2) is 43.0 Å². The number of thioether (sulfide) groups is 1. The minimum atomic E-state index is -2.97. The number of aryl methyl sites for hydroxylation is 2. The number of fused-ring (bicyclic) bond motifs is 1. The van der Waals surface area contributed by atoms with Crippen LogP contribution < -0.4 is 9.64 Å². The molecule has 0 saturated carbocycles. The first-order chi connectivity index (χ1) is 13.8. The molecular formula is C22H26N2O3S2. The van der Waals surface area contributed by atoms with Gasteiger partial charge in [0.15, 0.2) is 15.0 Å². The highest BCUT2D eigenvalue weighted by Crippen LogP contribution is 2.37. The molecule has 0 aliphatic carbocycles. The lowest BCUT2D eigenvalue weighted by Crippen LogP contribution is -2.28. The molecule has 0 spiro atoms. The van der Waals surface area contributed by atoms with Crippen LogP contribution in [-0.2, 0) is 16.4 Å². The number of hydrogen-bond acceptors (Lipinski definition) is 6. The lowest BCUT2D eigenvalue weighted by molar-refractivity contribution is 0.340. The zero-order valence-electron chi connectivity index (χ0n) is 17.0. The molecule has 0 bridgehead atoms. The van der Waals surface area contributed by atoms with E-state index in [0.29, 0.717) is 13.2 Å². The van der Waals surface area contributed by atoms with Gasteiger partial charge in [0.25, 0.3) is 0 Å². The van der Waals surface area contributed by atoms with E-state index in [1.807, 2.05) is 31.2 Å². The van der Waals surface area contributed by atoms with Crippen molar-refractivity contribution in [3.8, 4) is 5.75 Å². The quantitative estimate of drug-likeness (QED) is 0.718. The summed E-state index contributed by atoms with van der Waals surface area (Å²) in [5.41, 5.74) is 4.73. The number of sulfone groups is 1. The van der Waals surface area contributed by atoms with E-state index >= 15 is 0 Å². The molecule has 2 heterocycles. The topological polar surface area (TPSA) is 59.0 Å². The van der Waals surface area contributed by atoms with Gasteiger partial charge in [0.1, 0.15) is 5.75 Å². The number of ether oxygens (including phenoxy) is 1. The Balaban J connectivity index is 1.67. The Morgan fingerprint density at radius 3 is 2.59 bits per heavy atom. The second-order valence-electron chi connectivity index (χ2n) is 7.66. The molecule has 0 N–H and O–H groups in total. The molecule has 2 atom stereocenters. The summed E-state index contributed by atoms with van der Waals surface area (Å²) in [6.07, 6.45) is 0. The van der Waals surface area contributed by atoms with Crippen LogP contribution >= 0.6 is 11.8 Å². The Bertz CT molecular complexity index is 1030. The predicted octanol–water partition coefficient (Wildman–Crippen LogP) is 3.98. The van der Waals surface area contributed by atoms with Crippen LogP contribution in [0.5, 0.6) is 5.75 Å². The van der Waals surface area contributed by atoms with Gasteiger partial charge < -0.3 is 9.64 Å². The molecular weight excluding hydrogens is 404 g/mol. The van der Waals surface area contributed by atoms with E-state index in [-0.39, 0.29) is 22.8 Å². The van der Waals surface area contributed by atoms with Crippen molar-refractivity contribution in [3.05, 3.63) is 59.2 Å². The minimum Gasteiger partial charge on any atom is -0.494 e. The molecule has 5 nitrogen and oxygen atoms in total. The van der Waals surface area contributed by atoms with Gasteiger partial charge in [-0.25, -0.2) is 8.42 Å². The van der Waals surface area contributed by atoms with Crippen molar-refractivity contribution in [1.29, 1.82) is 0 Å². The van der Waals surface area contributed by atoms with Crippen LogP contribution in [0.25, 0.3) is 0 Å². The molecule has 2 aliphatic heterocycles. The summed E-state index contributed by atoms with van der Waals surface area (Å²) in [5, 5.41) is 0.929. The molecule has 4 rings (SSSR count). The lowest BCUT2D eigenvalue weighted by atomic mass is 10.1. The molecule has 0 unspecified atom stereocenters. The Hall–Kier alpha value is -1.99. The Labute approximate surface area is 177 Å². The Morgan fingerprint density at radius 1 is 1.14 bits per heavy atom. The average molecular weight is 431 g/mol. The molecule has 0 aromatic heterocycles. The third-order valence-electron chi connectivity index (χ3n) is 5.33. The van der Waals surface area contributed by atoms with Crippen molar-refractivity contribution >= 4 is 32.5 Å². The summed E-state index contributed by atoms with van der Waals surface area (Å²) in [7, 11) is -2.97. The van der Waals surface area contributed by atoms with Gasteiger partial charge in [0.05, 0.1) is 30.7 Å². The van der Waals surface area contributed by atoms with Crippen LogP contribution in [0.1, 0.15) is 23.6 Å². The number of benzene rings is 2. The highest BCUT2D eigenvalue weighted by molar-refractivity contribution is 8.15. The largest absolute Gasteiger partial charge is 0.494 e. The van der Waals surface area contributed by atoms with Gasteiger partial charge in [0.2, 0.25) is 0 Å². The minimum absolute atomic E-state index is 0.0267.